The van der Waals surface area contributed by atoms with Crippen molar-refractivity contribution in [2.45, 2.75) is 135 Å². The average molecular weight is 711 g/mol. The normalized spacial score (nSPS) is 23.1. The van der Waals surface area contributed by atoms with Gasteiger partial charge in [-0.05, 0) is 55.8 Å². The Morgan fingerprint density at radius 3 is 2.25 bits per heavy atom. The summed E-state index contributed by atoms with van der Waals surface area (Å²) < 4.78 is 0. The zero-order valence-electron chi connectivity index (χ0n) is 31.2. The van der Waals surface area contributed by atoms with Gasteiger partial charge in [-0.3, -0.25) is 24.0 Å². The van der Waals surface area contributed by atoms with Gasteiger partial charge < -0.3 is 31.1 Å². The van der Waals surface area contributed by atoms with Crippen LogP contribution in [-0.2, 0) is 24.0 Å². The maximum atomic E-state index is 14.4. The molecule has 5 atom stereocenters. The Kier molecular flexibility index (Phi) is 14.7. The fourth-order valence-electron chi connectivity index (χ4n) is 7.90. The van der Waals surface area contributed by atoms with Gasteiger partial charge in [0.05, 0.1) is 12.1 Å². The third kappa shape index (κ3) is 11.4. The van der Waals surface area contributed by atoms with Crippen LogP contribution in [0.3, 0.4) is 0 Å². The molecular formula is C39H62N6O6. The summed E-state index contributed by atoms with van der Waals surface area (Å²) >= 11 is 0. The number of carbonyl (C=O) groups is 6. The smallest absolute Gasteiger partial charge is 0.315 e. The molecule has 0 aromatic heterocycles. The molecule has 0 bridgehead atoms. The third-order valence-corrected chi connectivity index (χ3v) is 11.1. The lowest BCUT2D eigenvalue weighted by Gasteiger charge is -2.38. The van der Waals surface area contributed by atoms with E-state index in [0.29, 0.717) is 44.7 Å². The number of nitrogens with zero attached hydrogens (tertiary/aromatic N) is 2. The van der Waals surface area contributed by atoms with Gasteiger partial charge in [0.25, 0.3) is 5.91 Å². The first kappa shape index (κ1) is 40.1. The van der Waals surface area contributed by atoms with E-state index in [1.807, 2.05) is 25.7 Å². The Balaban J connectivity index is 1.49. The summed E-state index contributed by atoms with van der Waals surface area (Å²) in [5, 5.41) is 11.5. The first-order valence-electron chi connectivity index (χ1n) is 19.3. The molecule has 2 aliphatic carbocycles. The minimum Gasteiger partial charge on any atom is -0.346 e. The molecule has 51 heavy (non-hydrogen) atoms. The molecule has 12 nitrogen and oxygen atoms in total. The van der Waals surface area contributed by atoms with Crippen LogP contribution >= 0.6 is 0 Å². The van der Waals surface area contributed by atoms with E-state index in [0.717, 1.165) is 64.2 Å². The number of urea groups is 1. The number of carbonyl (C=O) groups excluding carboxylic acids is 6. The van der Waals surface area contributed by atoms with Crippen molar-refractivity contribution in [2.75, 3.05) is 26.2 Å². The van der Waals surface area contributed by atoms with Gasteiger partial charge in [0.1, 0.15) is 12.1 Å². The first-order valence-corrected chi connectivity index (χ1v) is 19.3. The fourth-order valence-corrected chi connectivity index (χ4v) is 7.90. The average Bonchev–Trinajstić information content (AvgIpc) is 3.83. The molecule has 4 rings (SSSR count). The number of likely N-dealkylation sites (tertiary alicyclic amines) is 2. The van der Waals surface area contributed by atoms with Crippen molar-refractivity contribution in [1.82, 2.24) is 31.1 Å². The quantitative estimate of drug-likeness (QED) is 0.132. The number of hydrogen-bond donors (Lipinski definition) is 4. The Morgan fingerprint density at radius 1 is 0.902 bits per heavy atom. The van der Waals surface area contributed by atoms with E-state index < -0.39 is 53.1 Å². The summed E-state index contributed by atoms with van der Waals surface area (Å²) in [6.45, 7) is 14.6. The highest BCUT2D eigenvalue weighted by molar-refractivity contribution is 6.38. The van der Waals surface area contributed by atoms with E-state index in [1.165, 1.54) is 11.0 Å². The molecule has 6 amide bonds. The molecular weight excluding hydrogens is 648 g/mol. The van der Waals surface area contributed by atoms with Crippen molar-refractivity contribution >= 4 is 35.4 Å². The second-order valence-electron chi connectivity index (χ2n) is 16.2. The van der Waals surface area contributed by atoms with Crippen LogP contribution in [0.2, 0.25) is 0 Å². The van der Waals surface area contributed by atoms with Crippen LogP contribution in [0.5, 0.6) is 0 Å². The number of Topliss-reactive ketones (excluding diaryl/α,β-unsaturated/α-hetero) is 1. The maximum absolute atomic E-state index is 14.4. The lowest BCUT2D eigenvalue weighted by atomic mass is 9.83. The second-order valence-corrected chi connectivity index (χ2v) is 16.2. The molecule has 2 saturated carbocycles. The number of hydrogen-bond acceptors (Lipinski definition) is 6. The number of amides is 6. The molecule has 2 aliphatic heterocycles. The standard InChI is InChI=1S/C39H62N6O6/c1-6-22-40-36(49)33(47)29(17-13-14-26-19-20-26)41-35(48)32-27(7-2)21-24-45(32)37(50)34(39(3,4)5)43-38(51)42-30(28-15-9-8-10-16-28)25-44-23-12-11-18-31(44)46/h6-7,26-30,32,34H,1-2,8-25H2,3-5H3,(H,40,49)(H,41,48)(H2,42,43,51)/t27?,29?,30-,32+,34-/m1/s1. The third-order valence-electron chi connectivity index (χ3n) is 11.1. The summed E-state index contributed by atoms with van der Waals surface area (Å²) in [6, 6.07) is -3.68. The highest BCUT2D eigenvalue weighted by atomic mass is 16.2. The highest BCUT2D eigenvalue weighted by Gasteiger charge is 2.46. The minimum absolute atomic E-state index is 0.117. The van der Waals surface area contributed by atoms with Crippen LogP contribution in [0.25, 0.3) is 0 Å². The molecule has 284 valence electrons. The van der Waals surface area contributed by atoms with Crippen LogP contribution in [-0.4, -0.2) is 95.6 Å². The Morgan fingerprint density at radius 2 is 1.63 bits per heavy atom. The van der Waals surface area contributed by atoms with Crippen LogP contribution in [0.4, 0.5) is 4.79 Å². The fraction of sp³-hybridized carbons (Fsp3) is 0.744. The van der Waals surface area contributed by atoms with Crippen LogP contribution in [0.15, 0.2) is 25.3 Å². The van der Waals surface area contributed by atoms with Crippen molar-refractivity contribution in [3.8, 4) is 0 Å². The predicted molar refractivity (Wildman–Crippen MR) is 196 cm³/mol. The molecule has 4 N–H and O–H groups in total. The van der Waals surface area contributed by atoms with Crippen molar-refractivity contribution in [3.63, 3.8) is 0 Å². The number of nitrogens with one attached hydrogen (secondary N) is 4. The summed E-state index contributed by atoms with van der Waals surface area (Å²) in [7, 11) is 0. The zero-order valence-corrected chi connectivity index (χ0v) is 31.2. The van der Waals surface area contributed by atoms with Gasteiger partial charge in [-0.1, -0.05) is 77.9 Å². The molecule has 2 unspecified atom stereocenters. The van der Waals surface area contributed by atoms with E-state index >= 15 is 0 Å². The molecule has 4 aliphatic rings. The molecule has 0 aromatic carbocycles. The van der Waals surface area contributed by atoms with E-state index in [2.05, 4.69) is 34.4 Å². The summed E-state index contributed by atoms with van der Waals surface area (Å²) in [5.41, 5.74) is -0.713. The molecule has 2 saturated heterocycles. The van der Waals surface area contributed by atoms with Gasteiger partial charge >= 0.3 is 6.03 Å². The van der Waals surface area contributed by atoms with Crippen molar-refractivity contribution in [2.24, 2.45) is 23.2 Å². The second kappa shape index (κ2) is 18.7. The highest BCUT2D eigenvalue weighted by Crippen LogP contribution is 2.34. The Bertz CT molecular complexity index is 1290. The predicted octanol–water partition coefficient (Wildman–Crippen LogP) is 4.00. The van der Waals surface area contributed by atoms with E-state index in [9.17, 15) is 28.8 Å². The Hall–Kier alpha value is -3.70. The summed E-state index contributed by atoms with van der Waals surface area (Å²) in [4.78, 5) is 84.2. The SMILES string of the molecule is C=CCNC(=O)C(=O)C(CCCC1CC1)NC(=O)[C@@H]1C(C=C)CCN1C(=O)[C@@H](NC(=O)N[C@H](CN1CCCCC1=O)C1CCCCC1)C(C)(C)C. The first-order chi connectivity index (χ1) is 24.3. The lowest BCUT2D eigenvalue weighted by Crippen LogP contribution is -2.62. The molecule has 0 spiro atoms. The van der Waals surface area contributed by atoms with Crippen molar-refractivity contribution in [3.05, 3.63) is 25.3 Å². The number of ketones is 1. The molecule has 4 fully saturated rings. The van der Waals surface area contributed by atoms with Gasteiger partial charge in [0, 0.05) is 38.5 Å². The van der Waals surface area contributed by atoms with Crippen molar-refractivity contribution < 1.29 is 28.8 Å². The van der Waals surface area contributed by atoms with Crippen molar-refractivity contribution in [1.29, 1.82) is 0 Å². The topological polar surface area (TPSA) is 157 Å². The Labute approximate surface area is 304 Å². The minimum atomic E-state index is -1.03. The molecule has 0 aromatic rings. The lowest BCUT2D eigenvalue weighted by molar-refractivity contribution is -0.144. The monoisotopic (exact) mass is 710 g/mol. The van der Waals surface area contributed by atoms with Gasteiger partial charge in [-0.2, -0.15) is 0 Å². The van der Waals surface area contributed by atoms with Crippen LogP contribution in [0, 0.1) is 23.2 Å². The summed E-state index contributed by atoms with van der Waals surface area (Å²) in [5.74, 6) is -1.83. The number of piperidine rings is 1. The molecule has 0 radical (unpaired) electrons. The van der Waals surface area contributed by atoms with E-state index in [1.54, 1.807) is 6.08 Å². The van der Waals surface area contributed by atoms with Gasteiger partial charge in [0.2, 0.25) is 23.5 Å². The number of rotatable bonds is 17. The van der Waals surface area contributed by atoms with Gasteiger partial charge in [-0.15, -0.1) is 13.2 Å². The van der Waals surface area contributed by atoms with Crippen LogP contribution in [0.1, 0.15) is 111 Å². The molecule has 12 heteroatoms. The van der Waals surface area contributed by atoms with E-state index in [-0.39, 0.29) is 36.9 Å². The maximum Gasteiger partial charge on any atom is 0.315 e. The largest absolute Gasteiger partial charge is 0.346 e. The van der Waals surface area contributed by atoms with Gasteiger partial charge in [0.15, 0.2) is 0 Å². The van der Waals surface area contributed by atoms with Gasteiger partial charge in [-0.25, -0.2) is 4.79 Å². The zero-order chi connectivity index (χ0) is 37.1. The van der Waals surface area contributed by atoms with Crippen LogP contribution < -0.4 is 21.3 Å². The summed E-state index contributed by atoms with van der Waals surface area (Å²) in [6.07, 6.45) is 15.5. The molecule has 2 heterocycles. The van der Waals surface area contributed by atoms with E-state index in [4.69, 9.17) is 0 Å².